The Hall–Kier alpha value is -1.62. The van der Waals surface area contributed by atoms with Gasteiger partial charge in [0.25, 0.3) is 0 Å². The summed E-state index contributed by atoms with van der Waals surface area (Å²) in [4.78, 5) is 0. The van der Waals surface area contributed by atoms with Crippen LogP contribution in [0.5, 0.6) is 0 Å². The van der Waals surface area contributed by atoms with E-state index in [9.17, 15) is 0 Å². The number of nitrogens with zero attached hydrogens (tertiary/aromatic N) is 3. The average molecular weight is 262 g/mol. The molecule has 0 amide bonds. The fourth-order valence-corrected chi connectivity index (χ4v) is 2.07. The second-order valence-corrected chi connectivity index (χ2v) is 5.21. The van der Waals surface area contributed by atoms with Crippen LogP contribution in [0.3, 0.4) is 0 Å². The van der Waals surface area contributed by atoms with Crippen LogP contribution in [0.25, 0.3) is 0 Å². The van der Waals surface area contributed by atoms with Gasteiger partial charge in [-0.1, -0.05) is 5.16 Å². The standard InChI is InChI=1S/C14H22N4O/c1-9-6-16-18(8-9)12(4)10(2)15-7-14-11(3)17-19-13(14)5/h6,8,10,12,15H,7H2,1-5H3/t10-,12+/m1/s1. The summed E-state index contributed by atoms with van der Waals surface area (Å²) in [5.74, 6) is 0.889. The predicted molar refractivity (Wildman–Crippen MR) is 74.0 cm³/mol. The van der Waals surface area contributed by atoms with Gasteiger partial charge in [0, 0.05) is 24.3 Å². The molecule has 19 heavy (non-hydrogen) atoms. The molecule has 0 aliphatic carbocycles. The molecule has 5 heteroatoms. The molecule has 1 N–H and O–H groups in total. The molecule has 104 valence electrons. The smallest absolute Gasteiger partial charge is 0.138 e. The quantitative estimate of drug-likeness (QED) is 0.899. The highest BCUT2D eigenvalue weighted by Gasteiger charge is 2.16. The fourth-order valence-electron chi connectivity index (χ4n) is 2.07. The Morgan fingerprint density at radius 2 is 2.05 bits per heavy atom. The van der Waals surface area contributed by atoms with Crippen LogP contribution in [-0.2, 0) is 6.54 Å². The monoisotopic (exact) mass is 262 g/mol. The Kier molecular flexibility index (Phi) is 4.04. The van der Waals surface area contributed by atoms with E-state index in [-0.39, 0.29) is 0 Å². The van der Waals surface area contributed by atoms with Gasteiger partial charge in [-0.15, -0.1) is 0 Å². The van der Waals surface area contributed by atoms with Gasteiger partial charge in [-0.2, -0.15) is 5.10 Å². The van der Waals surface area contributed by atoms with Gasteiger partial charge in [0.15, 0.2) is 0 Å². The minimum Gasteiger partial charge on any atom is -0.361 e. The van der Waals surface area contributed by atoms with Crippen LogP contribution in [-0.4, -0.2) is 21.0 Å². The zero-order valence-electron chi connectivity index (χ0n) is 12.3. The van der Waals surface area contributed by atoms with Crippen LogP contribution in [0.2, 0.25) is 0 Å². The van der Waals surface area contributed by atoms with Gasteiger partial charge in [-0.3, -0.25) is 4.68 Å². The van der Waals surface area contributed by atoms with Crippen molar-refractivity contribution in [3.05, 3.63) is 35.0 Å². The largest absolute Gasteiger partial charge is 0.361 e. The molecule has 0 aromatic carbocycles. The zero-order valence-corrected chi connectivity index (χ0v) is 12.3. The average Bonchev–Trinajstić information content (AvgIpc) is 2.93. The first kappa shape index (κ1) is 13.8. The Balaban J connectivity index is 1.96. The van der Waals surface area contributed by atoms with Crippen molar-refractivity contribution >= 4 is 0 Å². The predicted octanol–water partition coefficient (Wildman–Crippen LogP) is 2.54. The molecule has 0 spiro atoms. The number of hydrogen-bond acceptors (Lipinski definition) is 4. The molecule has 2 aromatic heterocycles. The third-order valence-corrected chi connectivity index (χ3v) is 3.65. The van der Waals surface area contributed by atoms with E-state index in [1.807, 2.05) is 24.7 Å². The van der Waals surface area contributed by atoms with Crippen LogP contribution in [0, 0.1) is 20.8 Å². The maximum atomic E-state index is 5.17. The molecule has 0 unspecified atom stereocenters. The molecule has 0 saturated heterocycles. The van der Waals surface area contributed by atoms with E-state index in [4.69, 9.17) is 4.52 Å². The number of aromatic nitrogens is 3. The van der Waals surface area contributed by atoms with Crippen LogP contribution < -0.4 is 5.32 Å². The third-order valence-electron chi connectivity index (χ3n) is 3.65. The molecule has 0 radical (unpaired) electrons. The van der Waals surface area contributed by atoms with Crippen LogP contribution >= 0.6 is 0 Å². The summed E-state index contributed by atoms with van der Waals surface area (Å²) in [6.07, 6.45) is 3.95. The second-order valence-electron chi connectivity index (χ2n) is 5.21. The lowest BCUT2D eigenvalue weighted by Gasteiger charge is -2.21. The molecule has 5 nitrogen and oxygen atoms in total. The van der Waals surface area contributed by atoms with Gasteiger partial charge in [0.1, 0.15) is 5.76 Å². The minimum absolute atomic E-state index is 0.300. The number of aryl methyl sites for hydroxylation is 3. The molecular formula is C14H22N4O. The van der Waals surface area contributed by atoms with E-state index in [2.05, 4.69) is 42.5 Å². The summed E-state index contributed by atoms with van der Waals surface area (Å²) in [6, 6.07) is 0.613. The molecule has 0 saturated carbocycles. The summed E-state index contributed by atoms with van der Waals surface area (Å²) in [5, 5.41) is 11.8. The Morgan fingerprint density at radius 1 is 1.32 bits per heavy atom. The van der Waals surface area contributed by atoms with Gasteiger partial charge >= 0.3 is 0 Å². The molecule has 0 bridgehead atoms. The molecule has 2 heterocycles. The zero-order chi connectivity index (χ0) is 14.0. The minimum atomic E-state index is 0.300. The van der Waals surface area contributed by atoms with Gasteiger partial charge < -0.3 is 9.84 Å². The summed E-state index contributed by atoms with van der Waals surface area (Å²) < 4.78 is 7.17. The second kappa shape index (κ2) is 5.57. The van der Waals surface area contributed by atoms with E-state index in [1.165, 1.54) is 5.56 Å². The maximum absolute atomic E-state index is 5.17. The van der Waals surface area contributed by atoms with E-state index >= 15 is 0 Å². The lowest BCUT2D eigenvalue weighted by Crippen LogP contribution is -2.33. The topological polar surface area (TPSA) is 55.9 Å². The fraction of sp³-hybridized carbons (Fsp3) is 0.571. The van der Waals surface area contributed by atoms with Gasteiger partial charge in [0.05, 0.1) is 17.9 Å². The molecule has 2 aromatic rings. The molecule has 0 aliphatic rings. The van der Waals surface area contributed by atoms with Crippen molar-refractivity contribution in [2.24, 2.45) is 0 Å². The first-order valence-corrected chi connectivity index (χ1v) is 6.65. The van der Waals surface area contributed by atoms with Crippen molar-refractivity contribution in [2.75, 3.05) is 0 Å². The van der Waals surface area contributed by atoms with Crippen molar-refractivity contribution in [3.8, 4) is 0 Å². The van der Waals surface area contributed by atoms with Crippen LogP contribution in [0.15, 0.2) is 16.9 Å². The first-order chi connectivity index (χ1) is 8.99. The van der Waals surface area contributed by atoms with Crippen LogP contribution in [0.1, 0.15) is 42.5 Å². The highest BCUT2D eigenvalue weighted by Crippen LogP contribution is 2.15. The van der Waals surface area contributed by atoms with Crippen molar-refractivity contribution in [2.45, 2.75) is 53.2 Å². The van der Waals surface area contributed by atoms with Gasteiger partial charge in [0.2, 0.25) is 0 Å². The summed E-state index contributed by atoms with van der Waals surface area (Å²) >= 11 is 0. The molecule has 0 aliphatic heterocycles. The van der Waals surface area contributed by atoms with Gasteiger partial charge in [-0.05, 0) is 40.2 Å². The maximum Gasteiger partial charge on any atom is 0.138 e. The van der Waals surface area contributed by atoms with E-state index in [1.54, 1.807) is 0 Å². The molecule has 2 rings (SSSR count). The summed E-state index contributed by atoms with van der Waals surface area (Å²) in [5.41, 5.74) is 3.29. The summed E-state index contributed by atoms with van der Waals surface area (Å²) in [7, 11) is 0. The Bertz CT molecular complexity index is 524. The van der Waals surface area contributed by atoms with Crippen LogP contribution in [0.4, 0.5) is 0 Å². The van der Waals surface area contributed by atoms with Crippen molar-refractivity contribution in [1.29, 1.82) is 0 Å². The van der Waals surface area contributed by atoms with E-state index < -0.39 is 0 Å². The number of nitrogens with one attached hydrogen (secondary N) is 1. The first-order valence-electron chi connectivity index (χ1n) is 6.65. The van der Waals surface area contributed by atoms with Crippen molar-refractivity contribution < 1.29 is 4.52 Å². The lowest BCUT2D eigenvalue weighted by molar-refractivity contribution is 0.362. The highest BCUT2D eigenvalue weighted by molar-refractivity contribution is 5.20. The third kappa shape index (κ3) is 3.04. The molecular weight excluding hydrogens is 240 g/mol. The molecule has 2 atom stereocenters. The Labute approximate surface area is 114 Å². The van der Waals surface area contributed by atoms with E-state index in [0.717, 1.165) is 23.6 Å². The summed E-state index contributed by atoms with van der Waals surface area (Å²) in [6.45, 7) is 11.1. The number of rotatable bonds is 5. The number of hydrogen-bond donors (Lipinski definition) is 1. The van der Waals surface area contributed by atoms with Gasteiger partial charge in [-0.25, -0.2) is 0 Å². The highest BCUT2D eigenvalue weighted by atomic mass is 16.5. The Morgan fingerprint density at radius 3 is 2.58 bits per heavy atom. The van der Waals surface area contributed by atoms with Crippen molar-refractivity contribution in [3.63, 3.8) is 0 Å². The van der Waals surface area contributed by atoms with E-state index in [0.29, 0.717) is 12.1 Å². The SMILES string of the molecule is Cc1cnn([C@@H](C)[C@@H](C)NCc2c(C)noc2C)c1. The molecule has 0 fully saturated rings. The lowest BCUT2D eigenvalue weighted by atomic mass is 10.1. The normalized spacial score (nSPS) is 14.6. The van der Waals surface area contributed by atoms with Crippen molar-refractivity contribution in [1.82, 2.24) is 20.3 Å².